The van der Waals surface area contributed by atoms with Gasteiger partial charge in [-0.1, -0.05) is 26.0 Å². The van der Waals surface area contributed by atoms with Crippen molar-refractivity contribution in [2.75, 3.05) is 20.6 Å². The van der Waals surface area contributed by atoms with Gasteiger partial charge >= 0.3 is 0 Å². The van der Waals surface area contributed by atoms with Crippen molar-refractivity contribution in [2.45, 2.75) is 26.2 Å². The van der Waals surface area contributed by atoms with Crippen molar-refractivity contribution in [3.63, 3.8) is 0 Å². The van der Waals surface area contributed by atoms with Crippen LogP contribution in [0.1, 0.15) is 31.7 Å². The molecule has 0 fully saturated rings. The van der Waals surface area contributed by atoms with Crippen LogP contribution in [-0.2, 0) is 0 Å². The minimum absolute atomic E-state index is 0.369. The highest BCUT2D eigenvalue weighted by Gasteiger charge is 2.16. The van der Waals surface area contributed by atoms with Crippen LogP contribution in [0.4, 0.5) is 0 Å². The summed E-state index contributed by atoms with van der Waals surface area (Å²) in [6.45, 7) is 5.56. The second-order valence-corrected chi connectivity index (χ2v) is 5.04. The maximum absolute atomic E-state index is 9.51. The smallest absolute Gasteiger partial charge is 0.115 e. The van der Waals surface area contributed by atoms with E-state index >= 15 is 0 Å². The molecule has 0 aliphatic carbocycles. The van der Waals surface area contributed by atoms with E-state index < -0.39 is 0 Å². The first-order chi connectivity index (χ1) is 7.50. The third kappa shape index (κ3) is 3.86. The Balaban J connectivity index is 2.77. The second kappa shape index (κ2) is 5.90. The molecule has 0 saturated heterocycles. The molecular weight excluding hydrogens is 198 g/mol. The molecule has 1 N–H and O–H groups in total. The van der Waals surface area contributed by atoms with Gasteiger partial charge < -0.3 is 10.0 Å². The van der Waals surface area contributed by atoms with Gasteiger partial charge in [-0.15, -0.1) is 0 Å². The van der Waals surface area contributed by atoms with Gasteiger partial charge in [0, 0.05) is 0 Å². The average molecular weight is 221 g/mol. The molecule has 0 radical (unpaired) electrons. The number of nitrogens with zero attached hydrogens (tertiary/aromatic N) is 1. The molecule has 0 amide bonds. The van der Waals surface area contributed by atoms with Crippen molar-refractivity contribution in [1.29, 1.82) is 0 Å². The summed E-state index contributed by atoms with van der Waals surface area (Å²) in [6, 6.07) is 7.66. The van der Waals surface area contributed by atoms with Crippen LogP contribution >= 0.6 is 0 Å². The predicted molar refractivity (Wildman–Crippen MR) is 68.9 cm³/mol. The van der Waals surface area contributed by atoms with Crippen LogP contribution in [0, 0.1) is 5.92 Å². The molecule has 0 aliphatic heterocycles. The van der Waals surface area contributed by atoms with Crippen LogP contribution in [0.25, 0.3) is 0 Å². The number of hydrogen-bond donors (Lipinski definition) is 1. The van der Waals surface area contributed by atoms with Crippen LogP contribution in [0.15, 0.2) is 24.3 Å². The van der Waals surface area contributed by atoms with Gasteiger partial charge in [0.2, 0.25) is 0 Å². The van der Waals surface area contributed by atoms with Crippen LogP contribution < -0.4 is 0 Å². The van der Waals surface area contributed by atoms with E-state index in [-0.39, 0.29) is 0 Å². The van der Waals surface area contributed by atoms with Gasteiger partial charge in [0.05, 0.1) is 0 Å². The zero-order valence-electron chi connectivity index (χ0n) is 10.8. The molecule has 0 saturated carbocycles. The zero-order chi connectivity index (χ0) is 12.1. The van der Waals surface area contributed by atoms with E-state index in [0.717, 1.165) is 13.0 Å². The summed E-state index contributed by atoms with van der Waals surface area (Å²) in [4.78, 5) is 2.21. The molecule has 2 nitrogen and oxygen atoms in total. The lowest BCUT2D eigenvalue weighted by Gasteiger charge is -2.23. The number of phenolic OH excluding ortho intramolecular Hbond substituents is 1. The zero-order valence-corrected chi connectivity index (χ0v) is 10.8. The third-order valence-electron chi connectivity index (χ3n) is 2.99. The Morgan fingerprint density at radius 3 is 2.44 bits per heavy atom. The minimum atomic E-state index is 0.369. The second-order valence-electron chi connectivity index (χ2n) is 5.04. The van der Waals surface area contributed by atoms with E-state index in [1.807, 2.05) is 12.1 Å². The van der Waals surface area contributed by atoms with Crippen molar-refractivity contribution in [1.82, 2.24) is 4.90 Å². The van der Waals surface area contributed by atoms with E-state index in [9.17, 15) is 5.11 Å². The Morgan fingerprint density at radius 1 is 1.25 bits per heavy atom. The van der Waals surface area contributed by atoms with E-state index in [2.05, 4.69) is 38.9 Å². The SMILES string of the molecule is CC(C)C(CCN(C)C)c1cccc(O)c1. The fourth-order valence-corrected chi connectivity index (χ4v) is 2.04. The lowest BCUT2D eigenvalue weighted by Crippen LogP contribution is -2.18. The number of hydrogen-bond acceptors (Lipinski definition) is 2. The Morgan fingerprint density at radius 2 is 1.94 bits per heavy atom. The number of phenols is 1. The maximum Gasteiger partial charge on any atom is 0.115 e. The average Bonchev–Trinajstić information content (AvgIpc) is 2.17. The van der Waals surface area contributed by atoms with Crippen molar-refractivity contribution >= 4 is 0 Å². The van der Waals surface area contributed by atoms with Gasteiger partial charge in [-0.05, 0) is 56.6 Å². The molecule has 1 atom stereocenters. The molecule has 0 aliphatic rings. The standard InChI is InChI=1S/C14H23NO/c1-11(2)14(8-9-15(3)4)12-6-5-7-13(16)10-12/h5-7,10-11,14,16H,8-9H2,1-4H3. The summed E-state index contributed by atoms with van der Waals surface area (Å²) in [5, 5.41) is 9.51. The summed E-state index contributed by atoms with van der Waals surface area (Å²) in [5.41, 5.74) is 1.25. The fraction of sp³-hybridized carbons (Fsp3) is 0.571. The van der Waals surface area contributed by atoms with Gasteiger partial charge in [-0.25, -0.2) is 0 Å². The summed E-state index contributed by atoms with van der Waals surface area (Å²) in [7, 11) is 4.19. The molecule has 0 heterocycles. The van der Waals surface area contributed by atoms with Gasteiger partial charge in [-0.2, -0.15) is 0 Å². The topological polar surface area (TPSA) is 23.5 Å². The first kappa shape index (κ1) is 13.0. The van der Waals surface area contributed by atoms with Gasteiger partial charge in [-0.3, -0.25) is 0 Å². The molecular formula is C14H23NO. The molecule has 16 heavy (non-hydrogen) atoms. The minimum Gasteiger partial charge on any atom is -0.508 e. The molecule has 0 bridgehead atoms. The number of benzene rings is 1. The lowest BCUT2D eigenvalue weighted by molar-refractivity contribution is 0.351. The highest BCUT2D eigenvalue weighted by Crippen LogP contribution is 2.29. The van der Waals surface area contributed by atoms with E-state index in [1.54, 1.807) is 6.07 Å². The number of rotatable bonds is 5. The van der Waals surface area contributed by atoms with E-state index in [1.165, 1.54) is 5.56 Å². The normalized spacial score (nSPS) is 13.4. The molecule has 2 heteroatoms. The van der Waals surface area contributed by atoms with Gasteiger partial charge in [0.15, 0.2) is 0 Å². The van der Waals surface area contributed by atoms with Crippen molar-refractivity contribution < 1.29 is 5.11 Å². The highest BCUT2D eigenvalue weighted by molar-refractivity contribution is 5.30. The Bertz CT molecular complexity index is 320. The summed E-state index contributed by atoms with van der Waals surface area (Å²) in [6.07, 6.45) is 1.13. The molecule has 1 aromatic carbocycles. The van der Waals surface area contributed by atoms with Crippen molar-refractivity contribution in [3.05, 3.63) is 29.8 Å². The van der Waals surface area contributed by atoms with E-state index in [4.69, 9.17) is 0 Å². The van der Waals surface area contributed by atoms with Crippen molar-refractivity contribution in [2.24, 2.45) is 5.92 Å². The van der Waals surface area contributed by atoms with Crippen LogP contribution in [0.2, 0.25) is 0 Å². The first-order valence-corrected chi connectivity index (χ1v) is 5.94. The summed E-state index contributed by atoms with van der Waals surface area (Å²) >= 11 is 0. The Labute approximate surface area is 98.9 Å². The summed E-state index contributed by atoms with van der Waals surface area (Å²) < 4.78 is 0. The van der Waals surface area contributed by atoms with Gasteiger partial charge in [0.25, 0.3) is 0 Å². The fourth-order valence-electron chi connectivity index (χ4n) is 2.04. The number of aromatic hydroxyl groups is 1. The molecule has 1 rings (SSSR count). The largest absolute Gasteiger partial charge is 0.508 e. The Hall–Kier alpha value is -1.02. The quantitative estimate of drug-likeness (QED) is 0.826. The van der Waals surface area contributed by atoms with E-state index in [0.29, 0.717) is 17.6 Å². The highest BCUT2D eigenvalue weighted by atomic mass is 16.3. The monoisotopic (exact) mass is 221 g/mol. The van der Waals surface area contributed by atoms with Gasteiger partial charge in [0.1, 0.15) is 5.75 Å². The van der Waals surface area contributed by atoms with Crippen LogP contribution in [0.3, 0.4) is 0 Å². The predicted octanol–water partition coefficient (Wildman–Crippen LogP) is 3.08. The Kier molecular flexibility index (Phi) is 4.81. The summed E-state index contributed by atoms with van der Waals surface area (Å²) in [5.74, 6) is 1.49. The molecule has 90 valence electrons. The maximum atomic E-state index is 9.51. The molecule has 1 aromatic rings. The molecule has 1 unspecified atom stereocenters. The van der Waals surface area contributed by atoms with Crippen molar-refractivity contribution in [3.8, 4) is 5.75 Å². The first-order valence-electron chi connectivity index (χ1n) is 5.94. The van der Waals surface area contributed by atoms with Crippen LogP contribution in [-0.4, -0.2) is 30.6 Å². The third-order valence-corrected chi connectivity index (χ3v) is 2.99. The molecule has 0 spiro atoms. The lowest BCUT2D eigenvalue weighted by atomic mass is 9.85. The molecule has 0 aromatic heterocycles. The van der Waals surface area contributed by atoms with Crippen LogP contribution in [0.5, 0.6) is 5.75 Å².